The van der Waals surface area contributed by atoms with E-state index in [4.69, 9.17) is 21.1 Å². The van der Waals surface area contributed by atoms with Crippen LogP contribution < -0.4 is 9.47 Å². The summed E-state index contributed by atoms with van der Waals surface area (Å²) in [6.45, 7) is 7.91. The van der Waals surface area contributed by atoms with Crippen LogP contribution in [0, 0.1) is 0 Å². The molecule has 0 bridgehead atoms. The molecule has 182 valence electrons. The van der Waals surface area contributed by atoms with Crippen molar-refractivity contribution in [3.63, 3.8) is 0 Å². The molecule has 1 heterocycles. The van der Waals surface area contributed by atoms with Gasteiger partial charge in [0, 0.05) is 24.2 Å². The van der Waals surface area contributed by atoms with Gasteiger partial charge in [0.1, 0.15) is 0 Å². The Hall–Kier alpha value is -2.32. The first kappa shape index (κ1) is 24.8. The van der Waals surface area contributed by atoms with E-state index in [1.165, 1.54) is 4.31 Å². The van der Waals surface area contributed by atoms with Crippen molar-refractivity contribution in [2.75, 3.05) is 33.0 Å². The van der Waals surface area contributed by atoms with Gasteiger partial charge < -0.3 is 14.4 Å². The maximum atomic E-state index is 13.8. The number of rotatable bonds is 11. The van der Waals surface area contributed by atoms with Crippen LogP contribution in [0.3, 0.4) is 0 Å². The van der Waals surface area contributed by atoms with Crippen LogP contribution in [0.5, 0.6) is 11.5 Å². The van der Waals surface area contributed by atoms with Crippen LogP contribution in [-0.2, 0) is 16.6 Å². The number of ether oxygens (including phenoxy) is 2. The molecule has 0 fully saturated rings. The number of hydrogen-bond acceptors (Lipinski definition) is 5. The summed E-state index contributed by atoms with van der Waals surface area (Å²) in [6.07, 6.45) is 1.67. The molecule has 4 rings (SSSR count). The second-order valence-electron chi connectivity index (χ2n) is 8.38. The lowest BCUT2D eigenvalue weighted by molar-refractivity contribution is 0.174. The highest BCUT2D eigenvalue weighted by atomic mass is 35.5. The van der Waals surface area contributed by atoms with Crippen LogP contribution in [0.4, 0.5) is 0 Å². The maximum Gasteiger partial charge on any atom is 0.243 e. The average molecular weight is 503 g/mol. The van der Waals surface area contributed by atoms with E-state index in [0.717, 1.165) is 43.2 Å². The fourth-order valence-corrected chi connectivity index (χ4v) is 5.90. The Labute approximate surface area is 207 Å². The van der Waals surface area contributed by atoms with Crippen molar-refractivity contribution in [2.24, 2.45) is 0 Å². The SMILES string of the molecule is CCN(CC)CCCCN(Cc1cc2c(cc1Cl)OCO2)S(=O)(=O)c1ccc2ccccc2c1. The summed E-state index contributed by atoms with van der Waals surface area (Å²) in [5.41, 5.74) is 0.694. The number of sulfonamides is 1. The molecular formula is C26H31ClN2O4S. The Kier molecular flexibility index (Phi) is 7.99. The zero-order chi connectivity index (χ0) is 24.1. The van der Waals surface area contributed by atoms with E-state index >= 15 is 0 Å². The predicted octanol–water partition coefficient (Wildman–Crippen LogP) is 5.53. The normalized spacial score (nSPS) is 13.3. The van der Waals surface area contributed by atoms with E-state index in [9.17, 15) is 8.42 Å². The summed E-state index contributed by atoms with van der Waals surface area (Å²) in [4.78, 5) is 2.63. The monoisotopic (exact) mass is 502 g/mol. The molecule has 0 saturated heterocycles. The van der Waals surface area contributed by atoms with Gasteiger partial charge in [-0.1, -0.05) is 55.8 Å². The second-order valence-corrected chi connectivity index (χ2v) is 10.7. The van der Waals surface area contributed by atoms with E-state index in [2.05, 4.69) is 18.7 Å². The van der Waals surface area contributed by atoms with Gasteiger partial charge in [-0.15, -0.1) is 0 Å². The molecule has 0 atom stereocenters. The highest BCUT2D eigenvalue weighted by Gasteiger charge is 2.27. The van der Waals surface area contributed by atoms with Crippen molar-refractivity contribution in [3.05, 3.63) is 65.2 Å². The molecule has 3 aromatic carbocycles. The predicted molar refractivity (Wildman–Crippen MR) is 136 cm³/mol. The van der Waals surface area contributed by atoms with Gasteiger partial charge in [-0.25, -0.2) is 8.42 Å². The first-order valence-electron chi connectivity index (χ1n) is 11.7. The van der Waals surface area contributed by atoms with Gasteiger partial charge in [-0.2, -0.15) is 4.31 Å². The van der Waals surface area contributed by atoms with Crippen molar-refractivity contribution in [1.29, 1.82) is 0 Å². The van der Waals surface area contributed by atoms with Gasteiger partial charge >= 0.3 is 0 Å². The molecule has 0 aliphatic carbocycles. The summed E-state index contributed by atoms with van der Waals surface area (Å²) < 4.78 is 40.0. The van der Waals surface area contributed by atoms with Crippen molar-refractivity contribution in [1.82, 2.24) is 9.21 Å². The molecule has 1 aliphatic rings. The molecule has 0 unspecified atom stereocenters. The first-order valence-corrected chi connectivity index (χ1v) is 13.5. The number of halogens is 1. The number of benzene rings is 3. The summed E-state index contributed by atoms with van der Waals surface area (Å²) in [5, 5.41) is 2.36. The summed E-state index contributed by atoms with van der Waals surface area (Å²) in [7, 11) is -3.74. The standard InChI is InChI=1S/C26H31ClN2O4S/c1-3-28(4-2)13-7-8-14-29(18-22-16-25-26(17-24(22)27)33-19-32-25)34(30,31)23-12-11-20-9-5-6-10-21(20)15-23/h5-6,9-12,15-17H,3-4,7-8,13-14,18-19H2,1-2H3. The Morgan fingerprint density at radius 3 is 2.29 bits per heavy atom. The lowest BCUT2D eigenvalue weighted by Gasteiger charge is -2.24. The molecule has 8 heteroatoms. The Bertz CT molecular complexity index is 1240. The van der Waals surface area contributed by atoms with E-state index in [-0.39, 0.29) is 18.2 Å². The molecule has 6 nitrogen and oxygen atoms in total. The highest BCUT2D eigenvalue weighted by Crippen LogP contribution is 2.37. The average Bonchev–Trinajstić information content (AvgIpc) is 3.30. The lowest BCUT2D eigenvalue weighted by Crippen LogP contribution is -2.32. The van der Waals surface area contributed by atoms with E-state index in [0.29, 0.717) is 28.6 Å². The van der Waals surface area contributed by atoms with Gasteiger partial charge in [-0.05, 0) is 67.0 Å². The fourth-order valence-electron chi connectivity index (χ4n) is 4.19. The molecule has 34 heavy (non-hydrogen) atoms. The van der Waals surface area contributed by atoms with Crippen LogP contribution in [-0.4, -0.2) is 50.6 Å². The third-order valence-corrected chi connectivity index (χ3v) is 8.47. The summed E-state index contributed by atoms with van der Waals surface area (Å²) in [5.74, 6) is 1.17. The minimum absolute atomic E-state index is 0.138. The molecule has 0 radical (unpaired) electrons. The van der Waals surface area contributed by atoms with Crippen LogP contribution >= 0.6 is 11.6 Å². The van der Waals surface area contributed by atoms with Crippen molar-refractivity contribution in [2.45, 2.75) is 38.1 Å². The zero-order valence-corrected chi connectivity index (χ0v) is 21.2. The largest absolute Gasteiger partial charge is 0.454 e. The molecule has 1 aliphatic heterocycles. The Morgan fingerprint density at radius 2 is 1.56 bits per heavy atom. The molecule has 3 aromatic rings. The first-order chi connectivity index (χ1) is 16.4. The van der Waals surface area contributed by atoms with Gasteiger partial charge in [0.2, 0.25) is 16.8 Å². The van der Waals surface area contributed by atoms with E-state index in [1.807, 2.05) is 30.3 Å². The lowest BCUT2D eigenvalue weighted by atomic mass is 10.1. The Morgan fingerprint density at radius 1 is 0.882 bits per heavy atom. The molecule has 0 spiro atoms. The van der Waals surface area contributed by atoms with Gasteiger partial charge in [-0.3, -0.25) is 0 Å². The molecular weight excluding hydrogens is 472 g/mol. The number of hydrogen-bond donors (Lipinski definition) is 0. The van der Waals surface area contributed by atoms with Crippen LogP contribution in [0.1, 0.15) is 32.3 Å². The topological polar surface area (TPSA) is 59.1 Å². The number of unbranched alkanes of at least 4 members (excludes halogenated alkanes) is 1. The molecule has 0 aromatic heterocycles. The quantitative estimate of drug-likeness (QED) is 0.322. The van der Waals surface area contributed by atoms with Crippen LogP contribution in [0.15, 0.2) is 59.5 Å². The minimum Gasteiger partial charge on any atom is -0.454 e. The minimum atomic E-state index is -3.74. The van der Waals surface area contributed by atoms with Gasteiger partial charge in [0.25, 0.3) is 0 Å². The highest BCUT2D eigenvalue weighted by molar-refractivity contribution is 7.89. The smallest absolute Gasteiger partial charge is 0.243 e. The van der Waals surface area contributed by atoms with Gasteiger partial charge in [0.05, 0.1) is 4.90 Å². The van der Waals surface area contributed by atoms with Crippen molar-refractivity contribution >= 4 is 32.4 Å². The fraction of sp³-hybridized carbons (Fsp3) is 0.385. The number of nitrogens with zero attached hydrogens (tertiary/aromatic N) is 2. The molecule has 0 saturated carbocycles. The molecule has 0 amide bonds. The second kappa shape index (κ2) is 11.0. The van der Waals surface area contributed by atoms with Crippen LogP contribution in [0.25, 0.3) is 10.8 Å². The van der Waals surface area contributed by atoms with E-state index in [1.54, 1.807) is 24.3 Å². The third kappa shape index (κ3) is 5.49. The number of fused-ring (bicyclic) bond motifs is 2. The van der Waals surface area contributed by atoms with Gasteiger partial charge in [0.15, 0.2) is 11.5 Å². The summed E-state index contributed by atoms with van der Waals surface area (Å²) >= 11 is 6.50. The van der Waals surface area contributed by atoms with Crippen LogP contribution in [0.2, 0.25) is 5.02 Å². The third-order valence-electron chi connectivity index (χ3n) is 6.27. The van der Waals surface area contributed by atoms with Crippen molar-refractivity contribution < 1.29 is 17.9 Å². The van der Waals surface area contributed by atoms with E-state index < -0.39 is 10.0 Å². The zero-order valence-electron chi connectivity index (χ0n) is 19.7. The maximum absolute atomic E-state index is 13.8. The molecule has 0 N–H and O–H groups in total. The Balaban J connectivity index is 1.60. The summed E-state index contributed by atoms with van der Waals surface area (Å²) in [6, 6.07) is 16.5. The van der Waals surface area contributed by atoms with Crippen molar-refractivity contribution in [3.8, 4) is 11.5 Å².